The highest BCUT2D eigenvalue weighted by Gasteiger charge is 2.28. The second kappa shape index (κ2) is 4.50. The van der Waals surface area contributed by atoms with Gasteiger partial charge in [-0.1, -0.05) is 12.8 Å². The fourth-order valence-electron chi connectivity index (χ4n) is 4.64. The van der Waals surface area contributed by atoms with Crippen LogP contribution in [0.4, 0.5) is 0 Å². The molecule has 1 N–H and O–H groups in total. The molecule has 0 amide bonds. The van der Waals surface area contributed by atoms with Gasteiger partial charge in [0, 0.05) is 17.4 Å². The van der Waals surface area contributed by atoms with Gasteiger partial charge in [-0.3, -0.25) is 0 Å². The van der Waals surface area contributed by atoms with Gasteiger partial charge < -0.3 is 9.98 Å². The number of hydrogen-bond donors (Lipinski definition) is 1. The molecule has 0 radical (unpaired) electrons. The van der Waals surface area contributed by atoms with E-state index in [9.17, 15) is 0 Å². The molecule has 0 spiro atoms. The van der Waals surface area contributed by atoms with E-state index in [2.05, 4.69) is 4.57 Å². The zero-order chi connectivity index (χ0) is 12.8. The van der Waals surface area contributed by atoms with Gasteiger partial charge in [-0.2, -0.15) is 0 Å². The van der Waals surface area contributed by atoms with Gasteiger partial charge >= 0.3 is 0 Å². The Morgan fingerprint density at radius 1 is 0.737 bits per heavy atom. The molecule has 0 saturated heterocycles. The first kappa shape index (κ1) is 11.7. The van der Waals surface area contributed by atoms with E-state index in [1.165, 1.54) is 68.9 Å². The van der Waals surface area contributed by atoms with E-state index in [-0.39, 0.29) is 0 Å². The highest BCUT2D eigenvalue weighted by Crippen LogP contribution is 2.36. The Kier molecular flexibility index (Phi) is 2.78. The number of nitrogens with one attached hydrogen (secondary N) is 1. The second-order valence-electron chi connectivity index (χ2n) is 6.59. The summed E-state index contributed by atoms with van der Waals surface area (Å²) >= 11 is 0. The molecule has 2 nitrogen and oxygen atoms in total. The van der Waals surface area contributed by atoms with Crippen LogP contribution in [0.1, 0.15) is 73.5 Å². The first-order chi connectivity index (χ1) is 9.36. The van der Waals surface area contributed by atoms with Crippen LogP contribution in [0.25, 0.3) is 0 Å². The summed E-state index contributed by atoms with van der Waals surface area (Å²) in [6, 6.07) is 0.763. The van der Waals surface area contributed by atoms with Crippen LogP contribution in [0.2, 0.25) is 0 Å². The maximum Gasteiger partial charge on any atom is 0.0638 e. The third-order valence-electron chi connectivity index (χ3n) is 5.50. The summed E-state index contributed by atoms with van der Waals surface area (Å²) in [7, 11) is 0. The van der Waals surface area contributed by atoms with Gasteiger partial charge in [-0.05, 0) is 68.9 Å². The summed E-state index contributed by atoms with van der Waals surface area (Å²) < 4.78 is 2.74. The molecule has 1 fully saturated rings. The molecule has 1 aromatic rings. The zero-order valence-corrected chi connectivity index (χ0v) is 11.8. The van der Waals surface area contributed by atoms with Gasteiger partial charge in [0.05, 0.1) is 5.36 Å². The minimum Gasteiger partial charge on any atom is -0.345 e. The van der Waals surface area contributed by atoms with Gasteiger partial charge in [-0.15, -0.1) is 0 Å². The first-order valence-corrected chi connectivity index (χ1v) is 8.19. The Bertz CT molecular complexity index is 562. The minimum atomic E-state index is 0.763. The van der Waals surface area contributed by atoms with Crippen molar-refractivity contribution in [3.05, 3.63) is 27.9 Å². The lowest BCUT2D eigenvalue weighted by Gasteiger charge is -2.29. The van der Waals surface area contributed by atoms with E-state index in [4.69, 9.17) is 5.41 Å². The normalized spacial score (nSPS) is 22.5. The quantitative estimate of drug-likeness (QED) is 0.797. The van der Waals surface area contributed by atoms with Gasteiger partial charge in [0.1, 0.15) is 0 Å². The Labute approximate surface area is 115 Å². The Morgan fingerprint density at radius 3 is 2.05 bits per heavy atom. The molecule has 0 bridgehead atoms. The van der Waals surface area contributed by atoms with E-state index in [1.807, 2.05) is 0 Å². The molecule has 4 rings (SSSR count). The number of fused-ring (bicyclic) bond motifs is 2. The molecule has 3 aliphatic rings. The van der Waals surface area contributed by atoms with Crippen molar-refractivity contribution < 1.29 is 0 Å². The molecule has 3 aliphatic carbocycles. The van der Waals surface area contributed by atoms with Crippen LogP contribution in [0.15, 0.2) is 0 Å². The Hall–Kier alpha value is -1.05. The molecule has 0 atom stereocenters. The maximum atomic E-state index is 8.56. The summed E-state index contributed by atoms with van der Waals surface area (Å²) in [5, 5.41) is 9.49. The van der Waals surface area contributed by atoms with Gasteiger partial charge in [0.2, 0.25) is 0 Å². The predicted molar refractivity (Wildman–Crippen MR) is 76.5 cm³/mol. The van der Waals surface area contributed by atoms with Crippen LogP contribution in [0, 0.1) is 5.41 Å². The SMILES string of the molecule is N=c1c2c(n(C3CCCC3)c3c1CCC3)CCCC2. The monoisotopic (exact) mass is 256 g/mol. The van der Waals surface area contributed by atoms with Crippen LogP contribution in [-0.4, -0.2) is 4.57 Å². The summed E-state index contributed by atoms with van der Waals surface area (Å²) in [4.78, 5) is 0. The van der Waals surface area contributed by atoms with Crippen molar-refractivity contribution in [1.29, 1.82) is 5.41 Å². The Balaban J connectivity index is 1.96. The predicted octanol–water partition coefficient (Wildman–Crippen LogP) is 3.45. The molecule has 0 aliphatic heterocycles. The lowest BCUT2D eigenvalue weighted by atomic mass is 9.92. The second-order valence-corrected chi connectivity index (χ2v) is 6.59. The van der Waals surface area contributed by atoms with Crippen molar-refractivity contribution in [1.82, 2.24) is 4.57 Å². The van der Waals surface area contributed by atoms with Crippen molar-refractivity contribution in [3.63, 3.8) is 0 Å². The van der Waals surface area contributed by atoms with Gasteiger partial charge in [0.25, 0.3) is 0 Å². The summed E-state index contributed by atoms with van der Waals surface area (Å²) in [6.45, 7) is 0. The topological polar surface area (TPSA) is 28.8 Å². The highest BCUT2D eigenvalue weighted by molar-refractivity contribution is 5.36. The van der Waals surface area contributed by atoms with Crippen LogP contribution in [0.5, 0.6) is 0 Å². The number of pyridine rings is 1. The fourth-order valence-corrected chi connectivity index (χ4v) is 4.64. The van der Waals surface area contributed by atoms with Crippen molar-refractivity contribution >= 4 is 0 Å². The molecule has 19 heavy (non-hydrogen) atoms. The van der Waals surface area contributed by atoms with E-state index < -0.39 is 0 Å². The van der Waals surface area contributed by atoms with Crippen molar-refractivity contribution in [2.75, 3.05) is 0 Å². The minimum absolute atomic E-state index is 0.763. The first-order valence-electron chi connectivity index (χ1n) is 8.19. The smallest absolute Gasteiger partial charge is 0.0638 e. The molecule has 2 heteroatoms. The van der Waals surface area contributed by atoms with Crippen LogP contribution in [-0.2, 0) is 25.7 Å². The highest BCUT2D eigenvalue weighted by atomic mass is 15.0. The summed E-state index contributed by atoms with van der Waals surface area (Å²) in [6.07, 6.45) is 14.2. The van der Waals surface area contributed by atoms with Crippen LogP contribution in [0.3, 0.4) is 0 Å². The number of hydrogen-bond acceptors (Lipinski definition) is 1. The molecule has 102 valence electrons. The molecule has 1 aromatic heterocycles. The number of nitrogens with zero attached hydrogens (tertiary/aromatic N) is 1. The van der Waals surface area contributed by atoms with E-state index in [1.54, 1.807) is 11.4 Å². The van der Waals surface area contributed by atoms with E-state index in [0.29, 0.717) is 0 Å². The third-order valence-corrected chi connectivity index (χ3v) is 5.50. The maximum absolute atomic E-state index is 8.56. The lowest BCUT2D eigenvalue weighted by molar-refractivity contribution is 0.461. The van der Waals surface area contributed by atoms with E-state index >= 15 is 0 Å². The average molecular weight is 256 g/mol. The largest absolute Gasteiger partial charge is 0.345 e. The molecular weight excluding hydrogens is 232 g/mol. The average Bonchev–Trinajstić information content (AvgIpc) is 3.10. The standard InChI is InChI=1S/C17H24N2/c18-17-13-8-3-4-10-15(13)19(12-6-1-2-7-12)16-11-5-9-14(16)17/h12,18H,1-11H2. The molecule has 1 heterocycles. The molecular formula is C17H24N2. The summed E-state index contributed by atoms with van der Waals surface area (Å²) in [5.41, 5.74) is 5.94. The van der Waals surface area contributed by atoms with Gasteiger partial charge in [0.15, 0.2) is 0 Å². The van der Waals surface area contributed by atoms with Crippen LogP contribution >= 0.6 is 0 Å². The molecule has 0 aromatic carbocycles. The van der Waals surface area contributed by atoms with Crippen molar-refractivity contribution in [2.24, 2.45) is 0 Å². The number of rotatable bonds is 1. The van der Waals surface area contributed by atoms with Crippen molar-refractivity contribution in [2.45, 2.75) is 76.7 Å². The van der Waals surface area contributed by atoms with Gasteiger partial charge in [-0.25, -0.2) is 0 Å². The van der Waals surface area contributed by atoms with Crippen molar-refractivity contribution in [3.8, 4) is 0 Å². The summed E-state index contributed by atoms with van der Waals surface area (Å²) in [5.74, 6) is 0. The molecule has 1 saturated carbocycles. The zero-order valence-electron chi connectivity index (χ0n) is 11.8. The van der Waals surface area contributed by atoms with Crippen LogP contribution < -0.4 is 5.36 Å². The lowest BCUT2D eigenvalue weighted by Crippen LogP contribution is -2.29. The molecule has 0 unspecified atom stereocenters. The Morgan fingerprint density at radius 2 is 1.32 bits per heavy atom. The number of aromatic nitrogens is 1. The fraction of sp³-hybridized carbons (Fsp3) is 0.706. The third kappa shape index (κ3) is 1.72. The van der Waals surface area contributed by atoms with E-state index in [0.717, 1.165) is 24.2 Å².